The Labute approximate surface area is 162 Å². The highest BCUT2D eigenvalue weighted by molar-refractivity contribution is 7.88. The minimum atomic E-state index is -3.29. The maximum Gasteiger partial charge on any atom is 0.410 e. The summed E-state index contributed by atoms with van der Waals surface area (Å²) in [4.78, 5) is 16.6. The molecule has 0 spiro atoms. The number of fused-ring (bicyclic) bond motifs is 7. The van der Waals surface area contributed by atoms with E-state index in [-0.39, 0.29) is 30.3 Å². The zero-order chi connectivity index (χ0) is 19.4. The molecule has 3 saturated heterocycles. The summed E-state index contributed by atoms with van der Waals surface area (Å²) < 4.78 is 38.2. The lowest BCUT2D eigenvalue weighted by molar-refractivity contribution is -0.0310. The van der Waals surface area contributed by atoms with Crippen LogP contribution in [0.25, 0.3) is 0 Å². The first kappa shape index (κ1) is 20.8. The topological polar surface area (TPSA) is 88.2 Å². The Morgan fingerprint density at radius 2 is 1.89 bits per heavy atom. The molecule has 4 rings (SSSR count). The van der Waals surface area contributed by atoms with E-state index in [1.807, 2.05) is 11.8 Å². The molecule has 8 nitrogen and oxygen atoms in total. The molecule has 1 saturated carbocycles. The Kier molecular flexibility index (Phi) is 6.99. The van der Waals surface area contributed by atoms with Crippen molar-refractivity contribution >= 4 is 16.1 Å². The number of hydrogen-bond donors (Lipinski definition) is 1. The van der Waals surface area contributed by atoms with Gasteiger partial charge in [-0.1, -0.05) is 0 Å². The maximum atomic E-state index is 12.5. The second-order valence-corrected chi connectivity index (χ2v) is 9.69. The van der Waals surface area contributed by atoms with Crippen LogP contribution in [-0.2, 0) is 19.5 Å². The first-order valence-corrected chi connectivity index (χ1v) is 12.0. The smallest absolute Gasteiger partial charge is 0.410 e. The third-order valence-corrected chi connectivity index (χ3v) is 6.76. The van der Waals surface area contributed by atoms with Crippen LogP contribution in [0.4, 0.5) is 4.79 Å². The Morgan fingerprint density at radius 1 is 1.15 bits per heavy atom. The van der Waals surface area contributed by atoms with Crippen LogP contribution in [0, 0.1) is 0 Å². The fourth-order valence-corrected chi connectivity index (χ4v) is 5.49. The van der Waals surface area contributed by atoms with Crippen LogP contribution >= 0.6 is 0 Å². The van der Waals surface area contributed by atoms with E-state index < -0.39 is 10.0 Å². The molecule has 0 radical (unpaired) electrons. The molecule has 156 valence electrons. The molecule has 9 heteroatoms. The zero-order valence-corrected chi connectivity index (χ0v) is 17.2. The SMILES string of the molecule is CCN1C(=O)OCCN2CCC[C@H](NS(C)(=O)=O)[C@@H]2COC2CCC1CC2. The van der Waals surface area contributed by atoms with Crippen LogP contribution in [0.15, 0.2) is 0 Å². The van der Waals surface area contributed by atoms with Crippen LogP contribution in [0.3, 0.4) is 0 Å². The number of rotatable bonds is 3. The van der Waals surface area contributed by atoms with E-state index in [1.54, 1.807) is 0 Å². The minimum absolute atomic E-state index is 0.0343. The molecule has 3 heterocycles. The molecule has 4 aliphatic rings. The second-order valence-electron chi connectivity index (χ2n) is 7.91. The highest BCUT2D eigenvalue weighted by Gasteiger charge is 2.36. The van der Waals surface area contributed by atoms with Crippen molar-refractivity contribution in [2.24, 2.45) is 0 Å². The summed E-state index contributed by atoms with van der Waals surface area (Å²) in [5.41, 5.74) is 0. The van der Waals surface area contributed by atoms with Gasteiger partial charge in [0.15, 0.2) is 0 Å². The number of carbonyl (C=O) groups is 1. The van der Waals surface area contributed by atoms with Crippen LogP contribution in [0.1, 0.15) is 45.4 Å². The van der Waals surface area contributed by atoms with Gasteiger partial charge >= 0.3 is 6.09 Å². The number of amides is 1. The number of ether oxygens (including phenoxy) is 2. The highest BCUT2D eigenvalue weighted by Crippen LogP contribution is 2.27. The van der Waals surface area contributed by atoms with Crippen molar-refractivity contribution in [1.29, 1.82) is 0 Å². The van der Waals surface area contributed by atoms with Crippen molar-refractivity contribution in [1.82, 2.24) is 14.5 Å². The van der Waals surface area contributed by atoms with E-state index in [0.29, 0.717) is 26.3 Å². The standard InChI is InChI=1S/C18H33N3O5S/c1-3-21-14-6-8-15(9-7-14)26-13-17-16(19-27(2,23)24)5-4-10-20(17)11-12-25-18(21)22/h14-17,19H,3-13H2,1-2H3/t14?,15?,16-,17-/m0/s1. The summed E-state index contributed by atoms with van der Waals surface area (Å²) in [5.74, 6) is 0. The molecule has 3 aliphatic heterocycles. The van der Waals surface area contributed by atoms with Gasteiger partial charge in [0, 0.05) is 31.2 Å². The average molecular weight is 404 g/mol. The molecule has 2 atom stereocenters. The first-order chi connectivity index (χ1) is 12.9. The van der Waals surface area contributed by atoms with Crippen molar-refractivity contribution in [2.75, 3.05) is 39.1 Å². The predicted molar refractivity (Wildman–Crippen MR) is 102 cm³/mol. The van der Waals surface area contributed by atoms with E-state index in [9.17, 15) is 13.2 Å². The van der Waals surface area contributed by atoms with Gasteiger partial charge in [-0.2, -0.15) is 0 Å². The summed E-state index contributed by atoms with van der Waals surface area (Å²) in [6, 6.07) is 0.0244. The van der Waals surface area contributed by atoms with E-state index in [0.717, 1.165) is 45.1 Å². The third kappa shape index (κ3) is 5.56. The van der Waals surface area contributed by atoms with Gasteiger partial charge in [-0.15, -0.1) is 0 Å². The van der Waals surface area contributed by atoms with Crippen LogP contribution in [-0.4, -0.2) is 87.6 Å². The number of hydrogen-bond acceptors (Lipinski definition) is 6. The molecule has 4 fully saturated rings. The monoisotopic (exact) mass is 403 g/mol. The molecule has 0 aromatic heterocycles. The Balaban J connectivity index is 1.75. The molecule has 2 bridgehead atoms. The second kappa shape index (κ2) is 9.07. The molecule has 27 heavy (non-hydrogen) atoms. The lowest BCUT2D eigenvalue weighted by atomic mass is 9.91. The largest absolute Gasteiger partial charge is 0.448 e. The molecule has 0 aromatic rings. The fourth-order valence-electron chi connectivity index (χ4n) is 4.67. The van der Waals surface area contributed by atoms with E-state index in [1.165, 1.54) is 6.26 Å². The number of nitrogens with one attached hydrogen (secondary N) is 1. The van der Waals surface area contributed by atoms with Gasteiger partial charge in [0.05, 0.1) is 19.0 Å². The van der Waals surface area contributed by atoms with Crippen molar-refractivity contribution < 1.29 is 22.7 Å². The zero-order valence-electron chi connectivity index (χ0n) is 16.4. The Morgan fingerprint density at radius 3 is 2.56 bits per heavy atom. The lowest BCUT2D eigenvalue weighted by Gasteiger charge is -2.41. The first-order valence-electron chi connectivity index (χ1n) is 10.1. The molecule has 1 amide bonds. The van der Waals surface area contributed by atoms with Gasteiger partial charge in [-0.3, -0.25) is 4.90 Å². The van der Waals surface area contributed by atoms with Gasteiger partial charge < -0.3 is 14.4 Å². The van der Waals surface area contributed by atoms with Crippen LogP contribution < -0.4 is 4.72 Å². The van der Waals surface area contributed by atoms with Gasteiger partial charge in [-0.25, -0.2) is 17.9 Å². The van der Waals surface area contributed by atoms with Crippen LogP contribution in [0.2, 0.25) is 0 Å². The van der Waals surface area contributed by atoms with Crippen molar-refractivity contribution in [3.8, 4) is 0 Å². The summed E-state index contributed by atoms with van der Waals surface area (Å²) >= 11 is 0. The van der Waals surface area contributed by atoms with Crippen molar-refractivity contribution in [2.45, 2.75) is 69.7 Å². The summed E-state index contributed by atoms with van der Waals surface area (Å²) in [6.07, 6.45) is 6.54. The minimum Gasteiger partial charge on any atom is -0.448 e. The summed E-state index contributed by atoms with van der Waals surface area (Å²) in [5, 5.41) is 0. The molecule has 1 N–H and O–H groups in total. The summed E-state index contributed by atoms with van der Waals surface area (Å²) in [6.45, 7) is 4.92. The van der Waals surface area contributed by atoms with E-state index >= 15 is 0 Å². The molecular formula is C18H33N3O5S. The number of sulfonamides is 1. The molecule has 0 aromatic carbocycles. The van der Waals surface area contributed by atoms with Gasteiger partial charge in [0.25, 0.3) is 0 Å². The van der Waals surface area contributed by atoms with E-state index in [4.69, 9.17) is 9.47 Å². The normalized spacial score (nSPS) is 34.1. The summed E-state index contributed by atoms with van der Waals surface area (Å²) in [7, 11) is -3.29. The van der Waals surface area contributed by atoms with Gasteiger partial charge in [-0.05, 0) is 52.0 Å². The van der Waals surface area contributed by atoms with Gasteiger partial charge in [0.2, 0.25) is 10.0 Å². The fraction of sp³-hybridized carbons (Fsp3) is 0.944. The number of carbonyl (C=O) groups excluding carboxylic acids is 1. The maximum absolute atomic E-state index is 12.5. The van der Waals surface area contributed by atoms with E-state index in [2.05, 4.69) is 9.62 Å². The molecule has 1 aliphatic carbocycles. The Bertz CT molecular complexity index is 606. The molecular weight excluding hydrogens is 370 g/mol. The van der Waals surface area contributed by atoms with Crippen molar-refractivity contribution in [3.63, 3.8) is 0 Å². The predicted octanol–water partition coefficient (Wildman–Crippen LogP) is 1.17. The molecule has 0 unspecified atom stereocenters. The quantitative estimate of drug-likeness (QED) is 0.761. The average Bonchev–Trinajstić information content (AvgIpc) is 2.62. The lowest BCUT2D eigenvalue weighted by Crippen LogP contribution is -2.58. The van der Waals surface area contributed by atoms with Crippen molar-refractivity contribution in [3.05, 3.63) is 0 Å². The highest BCUT2D eigenvalue weighted by atomic mass is 32.2. The third-order valence-electron chi connectivity index (χ3n) is 6.03. The number of piperidine rings is 1. The van der Waals surface area contributed by atoms with Crippen LogP contribution in [0.5, 0.6) is 0 Å². The Hall–Kier alpha value is -0.900. The van der Waals surface area contributed by atoms with Gasteiger partial charge in [0.1, 0.15) is 6.61 Å². The number of nitrogens with zero attached hydrogens (tertiary/aromatic N) is 2.